The van der Waals surface area contributed by atoms with Crippen LogP contribution in [0.3, 0.4) is 0 Å². The van der Waals surface area contributed by atoms with Crippen LogP contribution in [-0.2, 0) is 0 Å². The van der Waals surface area contributed by atoms with Gasteiger partial charge in [0.25, 0.3) is 0 Å². The fraction of sp³-hybridized carbons (Fsp3) is 0. The molecule has 0 saturated carbocycles. The molecule has 6 rings (SSSR count). The molecule has 5 heteroatoms. The minimum Gasteiger partial charge on any atom is -0.355 e. The Balaban J connectivity index is 1.60. The van der Waals surface area contributed by atoms with Gasteiger partial charge in [0.05, 0.1) is 16.7 Å². The molecular formula is C29H21N5. The maximum Gasteiger partial charge on any atom is 0.138 e. The van der Waals surface area contributed by atoms with E-state index in [0.29, 0.717) is 0 Å². The molecule has 0 aliphatic rings. The van der Waals surface area contributed by atoms with Crippen LogP contribution in [0.4, 0.5) is 11.4 Å². The fourth-order valence-electron chi connectivity index (χ4n) is 4.41. The molecule has 2 N–H and O–H groups in total. The number of para-hydroxylation sites is 2. The van der Waals surface area contributed by atoms with Crippen LogP contribution >= 0.6 is 0 Å². The molecule has 6 aromatic rings. The van der Waals surface area contributed by atoms with Crippen molar-refractivity contribution >= 4 is 39.4 Å². The first-order valence-corrected chi connectivity index (χ1v) is 11.1. The van der Waals surface area contributed by atoms with Crippen molar-refractivity contribution in [2.24, 2.45) is 0 Å². The van der Waals surface area contributed by atoms with Crippen molar-refractivity contribution in [3.8, 4) is 17.1 Å². The highest BCUT2D eigenvalue weighted by molar-refractivity contribution is 6.12. The molecule has 162 valence electrons. The number of anilines is 2. The topological polar surface area (TPSA) is 66.6 Å². The van der Waals surface area contributed by atoms with Crippen LogP contribution in [0.5, 0.6) is 0 Å². The van der Waals surface area contributed by atoms with Crippen molar-refractivity contribution in [2.45, 2.75) is 0 Å². The molecule has 5 nitrogen and oxygen atoms in total. The van der Waals surface area contributed by atoms with Gasteiger partial charge in [-0.1, -0.05) is 42.5 Å². The third kappa shape index (κ3) is 3.40. The number of rotatable bonds is 5. The summed E-state index contributed by atoms with van der Waals surface area (Å²) in [6, 6.07) is 32.5. The molecule has 0 amide bonds. The van der Waals surface area contributed by atoms with Gasteiger partial charge in [-0.2, -0.15) is 0 Å². The Hall–Kier alpha value is -4.77. The summed E-state index contributed by atoms with van der Waals surface area (Å²) in [5, 5.41) is 13.7. The zero-order chi connectivity index (χ0) is 22.9. The maximum atomic E-state index is 8.04. The molecule has 0 spiro atoms. The van der Waals surface area contributed by atoms with Crippen molar-refractivity contribution in [3.05, 3.63) is 115 Å². The summed E-state index contributed by atoms with van der Waals surface area (Å²) in [7, 11) is 0. The zero-order valence-electron chi connectivity index (χ0n) is 18.3. The van der Waals surface area contributed by atoms with Gasteiger partial charge in [0, 0.05) is 51.9 Å². The van der Waals surface area contributed by atoms with Crippen molar-refractivity contribution in [1.82, 2.24) is 14.5 Å². The third-order valence-corrected chi connectivity index (χ3v) is 5.97. The van der Waals surface area contributed by atoms with Gasteiger partial charge in [0.15, 0.2) is 0 Å². The van der Waals surface area contributed by atoms with Gasteiger partial charge in [0.2, 0.25) is 0 Å². The first kappa shape index (κ1) is 19.9. The average molecular weight is 440 g/mol. The van der Waals surface area contributed by atoms with E-state index in [-0.39, 0.29) is 0 Å². The van der Waals surface area contributed by atoms with Crippen LogP contribution in [0.1, 0.15) is 5.56 Å². The van der Waals surface area contributed by atoms with Gasteiger partial charge < -0.3 is 10.7 Å². The highest BCUT2D eigenvalue weighted by Crippen LogP contribution is 2.35. The molecule has 0 radical (unpaired) electrons. The minimum atomic E-state index is 0.830. The Bertz CT molecular complexity index is 1640. The van der Waals surface area contributed by atoms with E-state index in [4.69, 9.17) is 10.4 Å². The lowest BCUT2D eigenvalue weighted by Gasteiger charge is -2.12. The Morgan fingerprint density at radius 1 is 0.765 bits per heavy atom. The Labute approximate surface area is 196 Å². The summed E-state index contributed by atoms with van der Waals surface area (Å²) in [6.07, 6.45) is 5.00. The number of benzene rings is 3. The maximum absolute atomic E-state index is 8.04. The zero-order valence-corrected chi connectivity index (χ0v) is 18.3. The second-order valence-electron chi connectivity index (χ2n) is 8.07. The molecule has 3 aromatic carbocycles. The predicted octanol–water partition coefficient (Wildman–Crippen LogP) is 6.98. The van der Waals surface area contributed by atoms with Gasteiger partial charge >= 0.3 is 0 Å². The summed E-state index contributed by atoms with van der Waals surface area (Å²) < 4.78 is 2.19. The number of fused-ring (bicyclic) bond motifs is 3. The fourth-order valence-corrected chi connectivity index (χ4v) is 4.41. The second-order valence-corrected chi connectivity index (χ2v) is 8.07. The largest absolute Gasteiger partial charge is 0.355 e. The molecular weight excluding hydrogens is 418 g/mol. The molecule has 3 heterocycles. The summed E-state index contributed by atoms with van der Waals surface area (Å²) in [6.45, 7) is 0. The number of hydrogen-bond acceptors (Lipinski definition) is 4. The lowest BCUT2D eigenvalue weighted by Crippen LogP contribution is -2.00. The van der Waals surface area contributed by atoms with Crippen LogP contribution in [0.15, 0.2) is 109 Å². The number of nitrogens with one attached hydrogen (secondary N) is 2. The predicted molar refractivity (Wildman–Crippen MR) is 139 cm³/mol. The van der Waals surface area contributed by atoms with Crippen LogP contribution in [-0.4, -0.2) is 20.7 Å². The van der Waals surface area contributed by atoms with Crippen LogP contribution in [0.25, 0.3) is 38.9 Å². The Morgan fingerprint density at radius 3 is 2.44 bits per heavy atom. The van der Waals surface area contributed by atoms with E-state index in [0.717, 1.165) is 55.8 Å². The number of hydrogen-bond donors (Lipinski definition) is 2. The minimum absolute atomic E-state index is 0.830. The van der Waals surface area contributed by atoms with E-state index in [2.05, 4.69) is 39.1 Å². The normalized spacial score (nSPS) is 11.1. The molecule has 3 aromatic heterocycles. The van der Waals surface area contributed by atoms with E-state index < -0.39 is 0 Å². The van der Waals surface area contributed by atoms with E-state index in [1.54, 1.807) is 6.20 Å². The first-order valence-electron chi connectivity index (χ1n) is 11.1. The van der Waals surface area contributed by atoms with Gasteiger partial charge in [-0.05, 0) is 54.6 Å². The third-order valence-electron chi connectivity index (χ3n) is 5.97. The van der Waals surface area contributed by atoms with Crippen molar-refractivity contribution < 1.29 is 0 Å². The Kier molecular flexibility index (Phi) is 4.85. The average Bonchev–Trinajstić information content (AvgIpc) is 3.22. The molecule has 0 atom stereocenters. The second kappa shape index (κ2) is 8.30. The molecule has 0 fully saturated rings. The number of aromatic nitrogens is 3. The highest BCUT2D eigenvalue weighted by Gasteiger charge is 2.16. The van der Waals surface area contributed by atoms with Gasteiger partial charge in [-0.3, -0.25) is 9.55 Å². The summed E-state index contributed by atoms with van der Waals surface area (Å²) in [5.74, 6) is 0.834. The molecule has 34 heavy (non-hydrogen) atoms. The van der Waals surface area contributed by atoms with Crippen LogP contribution in [0.2, 0.25) is 0 Å². The van der Waals surface area contributed by atoms with E-state index in [1.807, 2.05) is 79.0 Å². The van der Waals surface area contributed by atoms with E-state index in [1.165, 1.54) is 6.21 Å². The van der Waals surface area contributed by atoms with Crippen molar-refractivity contribution in [2.75, 3.05) is 5.32 Å². The SMILES string of the molecule is N=Cc1cc2c3ccccc3n(-c3cccc(-c4cccnc4)n3)c2cc1Nc1ccccc1. The van der Waals surface area contributed by atoms with Crippen LogP contribution < -0.4 is 5.32 Å². The lowest BCUT2D eigenvalue weighted by molar-refractivity contribution is 1.08. The smallest absolute Gasteiger partial charge is 0.138 e. The Morgan fingerprint density at radius 2 is 1.62 bits per heavy atom. The monoisotopic (exact) mass is 439 g/mol. The van der Waals surface area contributed by atoms with Crippen molar-refractivity contribution in [1.29, 1.82) is 5.41 Å². The number of nitrogens with zero attached hydrogens (tertiary/aromatic N) is 3. The van der Waals surface area contributed by atoms with Gasteiger partial charge in [0.1, 0.15) is 5.82 Å². The molecule has 0 unspecified atom stereocenters. The molecule has 0 aliphatic carbocycles. The molecule has 0 bridgehead atoms. The van der Waals surface area contributed by atoms with Crippen molar-refractivity contribution in [3.63, 3.8) is 0 Å². The van der Waals surface area contributed by atoms with Gasteiger partial charge in [-0.25, -0.2) is 4.98 Å². The number of pyridine rings is 2. The first-order chi connectivity index (χ1) is 16.8. The summed E-state index contributed by atoms with van der Waals surface area (Å²) in [5.41, 5.74) is 6.63. The standard InChI is InChI=1S/C29H21N5/c30-18-21-16-24-23-11-4-5-13-27(23)34(28(24)17-26(21)32-22-9-2-1-3-10-22)29-14-6-12-25(33-29)20-8-7-15-31-19-20/h1-19,30,32H. The van der Waals surface area contributed by atoms with Gasteiger partial charge in [-0.15, -0.1) is 0 Å². The van der Waals surface area contributed by atoms with Crippen LogP contribution in [0, 0.1) is 5.41 Å². The molecule has 0 aliphatic heterocycles. The quantitative estimate of drug-likeness (QED) is 0.285. The van der Waals surface area contributed by atoms with E-state index in [9.17, 15) is 0 Å². The highest BCUT2D eigenvalue weighted by atomic mass is 15.1. The lowest BCUT2D eigenvalue weighted by atomic mass is 10.1. The van der Waals surface area contributed by atoms with E-state index >= 15 is 0 Å². The summed E-state index contributed by atoms with van der Waals surface area (Å²) in [4.78, 5) is 9.25. The summed E-state index contributed by atoms with van der Waals surface area (Å²) >= 11 is 0. The molecule has 0 saturated heterocycles.